The van der Waals surface area contributed by atoms with Gasteiger partial charge in [0.05, 0.1) is 0 Å². The normalized spacial score (nSPS) is 14.4. The van der Waals surface area contributed by atoms with Gasteiger partial charge in [-0.2, -0.15) is 0 Å². The minimum Gasteiger partial charge on any atom is -0.480 e. The molecule has 0 aromatic rings. The second-order valence-electron chi connectivity index (χ2n) is 3.51. The van der Waals surface area contributed by atoms with E-state index in [1.165, 1.54) is 0 Å². The predicted molar refractivity (Wildman–Crippen MR) is 59.4 cm³/mol. The lowest BCUT2D eigenvalue weighted by molar-refractivity contribution is -0.140. The Bertz CT molecular complexity index is 209. The van der Waals surface area contributed by atoms with Gasteiger partial charge in [-0.1, -0.05) is 13.8 Å². The number of carboxylic acid groups (broad SMARTS) is 2. The Morgan fingerprint density at radius 3 is 1.44 bits per heavy atom. The Hall–Kier alpha value is -1.14. The molecule has 0 heterocycles. The average Bonchev–Trinajstić information content (AvgIpc) is 2.22. The van der Waals surface area contributed by atoms with Crippen molar-refractivity contribution in [3.8, 4) is 0 Å². The van der Waals surface area contributed by atoms with Gasteiger partial charge in [0.15, 0.2) is 0 Å². The molecule has 6 nitrogen and oxygen atoms in total. The number of hydrogen-bond donors (Lipinski definition) is 4. The molecule has 0 radical (unpaired) electrons. The van der Waals surface area contributed by atoms with Crippen LogP contribution in [-0.2, 0) is 9.59 Å². The van der Waals surface area contributed by atoms with Crippen LogP contribution in [0, 0.1) is 0 Å². The Labute approximate surface area is 95.0 Å². The minimum atomic E-state index is -0.882. The van der Waals surface area contributed by atoms with Crippen molar-refractivity contribution in [2.75, 3.05) is 13.1 Å². The van der Waals surface area contributed by atoms with Crippen LogP contribution in [0.2, 0.25) is 0 Å². The smallest absolute Gasteiger partial charge is 0.320 e. The van der Waals surface area contributed by atoms with Gasteiger partial charge in [-0.05, 0) is 12.8 Å². The summed E-state index contributed by atoms with van der Waals surface area (Å²) in [6, 6.07) is -1.13. The molecule has 16 heavy (non-hydrogen) atoms. The molecule has 0 spiro atoms. The van der Waals surface area contributed by atoms with Crippen molar-refractivity contribution < 1.29 is 19.8 Å². The molecule has 0 saturated carbocycles. The lowest BCUT2D eigenvalue weighted by atomic mass is 10.2. The maximum Gasteiger partial charge on any atom is 0.320 e. The van der Waals surface area contributed by atoms with E-state index in [2.05, 4.69) is 10.6 Å². The van der Waals surface area contributed by atoms with Gasteiger partial charge in [0, 0.05) is 13.1 Å². The number of nitrogens with one attached hydrogen (secondary N) is 2. The van der Waals surface area contributed by atoms with Gasteiger partial charge in [0.1, 0.15) is 12.1 Å². The number of hydrogen-bond acceptors (Lipinski definition) is 4. The van der Waals surface area contributed by atoms with E-state index in [0.717, 1.165) is 0 Å². The van der Waals surface area contributed by atoms with Crippen LogP contribution < -0.4 is 10.6 Å². The maximum atomic E-state index is 10.6. The maximum absolute atomic E-state index is 10.6. The molecule has 0 fully saturated rings. The van der Waals surface area contributed by atoms with E-state index in [-0.39, 0.29) is 0 Å². The largest absolute Gasteiger partial charge is 0.480 e. The molecule has 4 N–H and O–H groups in total. The Morgan fingerprint density at radius 2 is 1.25 bits per heavy atom. The predicted octanol–water partition coefficient (Wildman–Crippen LogP) is -0.108. The molecule has 2 atom stereocenters. The second-order valence-corrected chi connectivity index (χ2v) is 3.51. The number of carbonyl (C=O) groups is 2. The first kappa shape index (κ1) is 14.9. The molecule has 0 aliphatic heterocycles. The molecule has 6 heteroatoms. The lowest BCUT2D eigenvalue weighted by Gasteiger charge is -2.15. The van der Waals surface area contributed by atoms with Crippen molar-refractivity contribution in [3.05, 3.63) is 0 Å². The molecule has 0 saturated heterocycles. The third-order valence-corrected chi connectivity index (χ3v) is 2.32. The highest BCUT2D eigenvalue weighted by Crippen LogP contribution is 1.91. The summed E-state index contributed by atoms with van der Waals surface area (Å²) in [5, 5.41) is 23.1. The van der Waals surface area contributed by atoms with Crippen LogP contribution in [0.15, 0.2) is 0 Å². The van der Waals surface area contributed by atoms with E-state index in [9.17, 15) is 9.59 Å². The topological polar surface area (TPSA) is 98.7 Å². The highest BCUT2D eigenvalue weighted by atomic mass is 16.4. The van der Waals surface area contributed by atoms with Gasteiger partial charge in [-0.25, -0.2) is 0 Å². The van der Waals surface area contributed by atoms with Crippen molar-refractivity contribution in [2.24, 2.45) is 0 Å². The van der Waals surface area contributed by atoms with E-state index in [1.54, 1.807) is 13.8 Å². The molecule has 0 amide bonds. The number of carboxylic acids is 2. The SMILES string of the molecule is CC[C@H](NCCN[C@@H](CC)C(=O)O)C(=O)O. The minimum absolute atomic E-state index is 0.439. The van der Waals surface area contributed by atoms with Crippen LogP contribution in [0.1, 0.15) is 26.7 Å². The van der Waals surface area contributed by atoms with E-state index >= 15 is 0 Å². The summed E-state index contributed by atoms with van der Waals surface area (Å²) in [6.45, 7) is 4.44. The van der Waals surface area contributed by atoms with Crippen LogP contribution in [0.3, 0.4) is 0 Å². The van der Waals surface area contributed by atoms with Gasteiger partial charge < -0.3 is 20.8 Å². The second kappa shape index (κ2) is 8.06. The van der Waals surface area contributed by atoms with Gasteiger partial charge in [-0.3, -0.25) is 9.59 Å². The van der Waals surface area contributed by atoms with E-state index < -0.39 is 24.0 Å². The van der Waals surface area contributed by atoms with Crippen molar-refractivity contribution in [3.63, 3.8) is 0 Å². The van der Waals surface area contributed by atoms with Crippen LogP contribution in [0.25, 0.3) is 0 Å². The molecule has 94 valence electrons. The molecule has 0 aromatic heterocycles. The quantitative estimate of drug-likeness (QED) is 0.414. The highest BCUT2D eigenvalue weighted by Gasteiger charge is 2.15. The standard InChI is InChI=1S/C10H20N2O4/c1-3-7(9(13)14)11-5-6-12-8(4-2)10(15)16/h7-8,11-12H,3-6H2,1-2H3,(H,13,14)(H,15,16)/t7-,8-/m0/s1. The summed E-state index contributed by atoms with van der Waals surface area (Å²) in [5.74, 6) is -1.76. The summed E-state index contributed by atoms with van der Waals surface area (Å²) < 4.78 is 0. The fourth-order valence-corrected chi connectivity index (χ4v) is 1.31. The molecule has 0 aliphatic rings. The van der Waals surface area contributed by atoms with E-state index in [0.29, 0.717) is 25.9 Å². The van der Waals surface area contributed by atoms with Crippen molar-refractivity contribution in [1.29, 1.82) is 0 Å². The number of rotatable bonds is 9. The zero-order chi connectivity index (χ0) is 12.6. The van der Waals surface area contributed by atoms with Crippen molar-refractivity contribution in [1.82, 2.24) is 10.6 Å². The summed E-state index contributed by atoms with van der Waals surface area (Å²) in [4.78, 5) is 21.3. The first-order valence-electron chi connectivity index (χ1n) is 5.45. The first-order chi connectivity index (χ1) is 7.52. The third-order valence-electron chi connectivity index (χ3n) is 2.32. The highest BCUT2D eigenvalue weighted by molar-refractivity contribution is 5.73. The average molecular weight is 232 g/mol. The summed E-state index contributed by atoms with van der Waals surface area (Å²) in [5.41, 5.74) is 0. The van der Waals surface area contributed by atoms with E-state index in [1.807, 2.05) is 0 Å². The number of aliphatic carboxylic acids is 2. The first-order valence-corrected chi connectivity index (χ1v) is 5.45. The molecular weight excluding hydrogens is 212 g/mol. The van der Waals surface area contributed by atoms with Crippen LogP contribution in [0.5, 0.6) is 0 Å². The molecule has 0 bridgehead atoms. The van der Waals surface area contributed by atoms with Gasteiger partial charge in [-0.15, -0.1) is 0 Å². The fourth-order valence-electron chi connectivity index (χ4n) is 1.31. The lowest BCUT2D eigenvalue weighted by Crippen LogP contribution is -2.43. The zero-order valence-electron chi connectivity index (χ0n) is 9.69. The van der Waals surface area contributed by atoms with Gasteiger partial charge in [0.25, 0.3) is 0 Å². The van der Waals surface area contributed by atoms with Crippen LogP contribution in [-0.4, -0.2) is 47.3 Å². The van der Waals surface area contributed by atoms with Gasteiger partial charge >= 0.3 is 11.9 Å². The summed E-state index contributed by atoms with van der Waals surface area (Å²) >= 11 is 0. The molecule has 0 aliphatic carbocycles. The Morgan fingerprint density at radius 1 is 0.938 bits per heavy atom. The molecular formula is C10H20N2O4. The third kappa shape index (κ3) is 5.67. The van der Waals surface area contributed by atoms with Crippen molar-refractivity contribution in [2.45, 2.75) is 38.8 Å². The summed E-state index contributed by atoms with van der Waals surface area (Å²) in [7, 11) is 0. The van der Waals surface area contributed by atoms with Crippen LogP contribution >= 0.6 is 0 Å². The zero-order valence-corrected chi connectivity index (χ0v) is 9.69. The fraction of sp³-hybridized carbons (Fsp3) is 0.800. The van der Waals surface area contributed by atoms with Crippen molar-refractivity contribution >= 4 is 11.9 Å². The Kier molecular flexibility index (Phi) is 7.49. The Balaban J connectivity index is 3.73. The summed E-state index contributed by atoms with van der Waals surface area (Å²) in [6.07, 6.45) is 1.01. The molecule has 0 aromatic carbocycles. The van der Waals surface area contributed by atoms with Gasteiger partial charge in [0.2, 0.25) is 0 Å². The molecule has 0 unspecified atom stereocenters. The molecule has 0 rings (SSSR count). The van der Waals surface area contributed by atoms with Crippen LogP contribution in [0.4, 0.5) is 0 Å². The van der Waals surface area contributed by atoms with E-state index in [4.69, 9.17) is 10.2 Å². The monoisotopic (exact) mass is 232 g/mol.